The Balaban J connectivity index is 1.68. The Kier molecular flexibility index (Phi) is 6.96. The van der Waals surface area contributed by atoms with Gasteiger partial charge >= 0.3 is 215 Å². The molecule has 1 fully saturated rings. The third-order valence-corrected chi connectivity index (χ3v) is 7.25. The molecule has 1 amide bonds. The van der Waals surface area contributed by atoms with Crippen LogP contribution in [0.5, 0.6) is 0 Å². The Hall–Kier alpha value is -3.83. The average Bonchev–Trinajstić information content (AvgIpc) is 3.22. The number of aliphatic imine (C=N–C) groups is 3. The van der Waals surface area contributed by atoms with Gasteiger partial charge in [-0.3, -0.25) is 0 Å². The number of benzene rings is 4. The number of carbonyl (C=O) groups is 1. The van der Waals surface area contributed by atoms with Gasteiger partial charge < -0.3 is 0 Å². The molecule has 1 aliphatic heterocycles. The second-order valence-corrected chi connectivity index (χ2v) is 9.95. The summed E-state index contributed by atoms with van der Waals surface area (Å²) < 4.78 is 1.39. The van der Waals surface area contributed by atoms with Gasteiger partial charge in [-0.2, -0.15) is 0 Å². The predicted octanol–water partition coefficient (Wildman–Crippen LogP) is 6.52. The summed E-state index contributed by atoms with van der Waals surface area (Å²) in [5, 5.41) is 0.622. The molecule has 1 heterocycles. The van der Waals surface area contributed by atoms with Crippen molar-refractivity contribution in [1.82, 2.24) is 0 Å². The zero-order chi connectivity index (χ0) is 24.0. The summed E-state index contributed by atoms with van der Waals surface area (Å²) in [7, 11) is 0. The molecule has 0 spiro atoms. The van der Waals surface area contributed by atoms with Crippen LogP contribution in [-0.2, 0) is 0 Å². The minimum absolute atomic E-state index is 0.304. The molecule has 1 saturated heterocycles. The molecule has 0 radical (unpaired) electrons. The fraction of sp³-hybridized carbons (Fsp3) is 0. The monoisotopic (exact) mass is 542 g/mol. The molecule has 35 heavy (non-hydrogen) atoms. The van der Waals surface area contributed by atoms with Crippen molar-refractivity contribution in [2.24, 2.45) is 15.0 Å². The SMILES string of the molecule is O=C(N=C1[Se]C(=Nc2ccccc2)C(=Nc2ccccc2)N1c1ccc(Cl)cc1)c1ccccc1. The molecular weight excluding hydrogens is 523 g/mol. The number of carbonyl (C=O) groups excluding carboxylic acids is 1. The van der Waals surface area contributed by atoms with Crippen molar-refractivity contribution in [3.63, 3.8) is 0 Å². The number of para-hydroxylation sites is 2. The first-order chi connectivity index (χ1) is 17.2. The van der Waals surface area contributed by atoms with Crippen LogP contribution in [0.1, 0.15) is 10.4 Å². The minimum atomic E-state index is -0.368. The molecule has 0 atom stereocenters. The van der Waals surface area contributed by atoms with E-state index in [1.807, 2.05) is 108 Å². The second-order valence-electron chi connectivity index (χ2n) is 7.50. The molecule has 0 saturated carbocycles. The molecule has 0 bridgehead atoms. The average molecular weight is 542 g/mol. The van der Waals surface area contributed by atoms with Gasteiger partial charge in [0.25, 0.3) is 0 Å². The maximum absolute atomic E-state index is 13.1. The van der Waals surface area contributed by atoms with E-state index in [1.165, 1.54) is 0 Å². The first-order valence-electron chi connectivity index (χ1n) is 10.9. The van der Waals surface area contributed by atoms with Gasteiger partial charge in [0.15, 0.2) is 0 Å². The summed E-state index contributed by atoms with van der Waals surface area (Å²) in [4.78, 5) is 29.4. The van der Waals surface area contributed by atoms with E-state index >= 15 is 0 Å². The van der Waals surface area contributed by atoms with Crippen molar-refractivity contribution < 1.29 is 4.79 Å². The Morgan fingerprint density at radius 1 is 0.686 bits per heavy atom. The van der Waals surface area contributed by atoms with E-state index in [2.05, 4.69) is 4.99 Å². The number of amides is 1. The number of hydrogen-bond donors (Lipinski definition) is 0. The molecule has 0 unspecified atom stereocenters. The van der Waals surface area contributed by atoms with Gasteiger partial charge in [0.2, 0.25) is 0 Å². The molecule has 4 aromatic carbocycles. The topological polar surface area (TPSA) is 57.4 Å². The number of halogens is 1. The summed E-state index contributed by atoms with van der Waals surface area (Å²) in [5.74, 6) is 0.337. The van der Waals surface area contributed by atoms with Gasteiger partial charge in [0.05, 0.1) is 0 Å². The van der Waals surface area contributed by atoms with Crippen molar-refractivity contribution in [3.8, 4) is 0 Å². The van der Waals surface area contributed by atoms with Crippen LogP contribution >= 0.6 is 11.6 Å². The van der Waals surface area contributed by atoms with E-state index in [0.29, 0.717) is 21.2 Å². The van der Waals surface area contributed by atoms with Crippen LogP contribution < -0.4 is 4.90 Å². The molecule has 0 aliphatic carbocycles. The van der Waals surface area contributed by atoms with Gasteiger partial charge in [-0.1, -0.05) is 0 Å². The molecule has 5 rings (SSSR count). The molecule has 170 valence electrons. The first-order valence-corrected chi connectivity index (χ1v) is 13.0. The van der Waals surface area contributed by atoms with Gasteiger partial charge in [-0.15, -0.1) is 0 Å². The van der Waals surface area contributed by atoms with E-state index in [1.54, 1.807) is 12.1 Å². The van der Waals surface area contributed by atoms with Crippen molar-refractivity contribution in [2.45, 2.75) is 0 Å². The Morgan fingerprint density at radius 2 is 1.23 bits per heavy atom. The fourth-order valence-electron chi connectivity index (χ4n) is 3.41. The van der Waals surface area contributed by atoms with Crippen LogP contribution in [0.15, 0.2) is 130 Å². The van der Waals surface area contributed by atoms with Gasteiger partial charge in [-0.05, 0) is 0 Å². The van der Waals surface area contributed by atoms with Gasteiger partial charge in [0.1, 0.15) is 0 Å². The first kappa shape index (κ1) is 22.9. The summed E-state index contributed by atoms with van der Waals surface area (Å²) in [6.45, 7) is 0. The van der Waals surface area contributed by atoms with E-state index in [9.17, 15) is 4.79 Å². The van der Waals surface area contributed by atoms with Crippen molar-refractivity contribution in [2.75, 3.05) is 4.90 Å². The number of anilines is 1. The van der Waals surface area contributed by atoms with Crippen LogP contribution in [0.2, 0.25) is 5.02 Å². The van der Waals surface area contributed by atoms with Crippen LogP contribution in [-0.4, -0.2) is 36.0 Å². The number of nitrogens with zero attached hydrogens (tertiary/aromatic N) is 4. The van der Waals surface area contributed by atoms with Crippen LogP contribution in [0.25, 0.3) is 0 Å². The van der Waals surface area contributed by atoms with Crippen molar-refractivity contribution in [3.05, 3.63) is 126 Å². The van der Waals surface area contributed by atoms with Crippen LogP contribution in [0.4, 0.5) is 17.1 Å². The zero-order valence-corrected chi connectivity index (χ0v) is 20.9. The van der Waals surface area contributed by atoms with Crippen LogP contribution in [0.3, 0.4) is 0 Å². The van der Waals surface area contributed by atoms with E-state index in [0.717, 1.165) is 21.7 Å². The Morgan fingerprint density at radius 3 is 1.83 bits per heavy atom. The molecule has 0 aromatic heterocycles. The molecule has 4 aromatic rings. The molecule has 0 N–H and O–H groups in total. The quantitative estimate of drug-likeness (QED) is 0.276. The zero-order valence-electron chi connectivity index (χ0n) is 18.5. The Bertz CT molecular complexity index is 1420. The van der Waals surface area contributed by atoms with Crippen LogP contribution in [0, 0.1) is 0 Å². The molecule has 7 heteroatoms. The van der Waals surface area contributed by atoms with Gasteiger partial charge in [0, 0.05) is 0 Å². The second kappa shape index (κ2) is 10.6. The van der Waals surface area contributed by atoms with E-state index in [4.69, 9.17) is 21.6 Å². The Labute approximate surface area is 214 Å². The standard InChI is InChI=1S/C28H19ClN4OSe/c29-21-16-18-24(19-17-21)33-25(30-22-12-6-2-7-13-22)27(31-23-14-8-3-9-15-23)35-28(33)32-26(34)20-10-4-1-5-11-20/h1-19H. The number of hydrogen-bond acceptors (Lipinski definition) is 3. The van der Waals surface area contributed by atoms with E-state index in [-0.39, 0.29) is 20.9 Å². The molecule has 1 aliphatic rings. The molecular formula is C28H19ClN4OSe. The summed E-state index contributed by atoms with van der Waals surface area (Å²) >= 11 is 5.80. The fourth-order valence-corrected chi connectivity index (χ4v) is 5.56. The third kappa shape index (κ3) is 5.47. The summed E-state index contributed by atoms with van der Waals surface area (Å²) in [6, 6.07) is 35.9. The van der Waals surface area contributed by atoms with Gasteiger partial charge in [-0.25, -0.2) is 0 Å². The summed E-state index contributed by atoms with van der Waals surface area (Å²) in [6.07, 6.45) is 0. The van der Waals surface area contributed by atoms with E-state index < -0.39 is 0 Å². The van der Waals surface area contributed by atoms with Crippen molar-refractivity contribution >= 4 is 64.7 Å². The maximum atomic E-state index is 13.1. The normalized spacial score (nSPS) is 16.8. The third-order valence-electron chi connectivity index (χ3n) is 5.06. The number of rotatable bonds is 4. The van der Waals surface area contributed by atoms with Crippen molar-refractivity contribution in [1.29, 1.82) is 0 Å². The number of amidine groups is 2. The molecule has 5 nitrogen and oxygen atoms in total. The summed E-state index contributed by atoms with van der Waals surface area (Å²) in [5.41, 5.74) is 2.94. The predicted molar refractivity (Wildman–Crippen MR) is 145 cm³/mol.